The third-order valence-corrected chi connectivity index (χ3v) is 5.48. The molecule has 1 N–H and O–H groups in total. The maximum atomic E-state index is 10.9. The summed E-state index contributed by atoms with van der Waals surface area (Å²) in [6, 6.07) is 18.3. The molecule has 0 saturated carbocycles. The van der Waals surface area contributed by atoms with Gasteiger partial charge in [0, 0.05) is 6.54 Å². The molecule has 0 aliphatic carbocycles. The molecule has 3 aliphatic rings. The van der Waals surface area contributed by atoms with E-state index in [0.29, 0.717) is 12.5 Å². The summed E-state index contributed by atoms with van der Waals surface area (Å²) in [5, 5.41) is 10.9. The van der Waals surface area contributed by atoms with Gasteiger partial charge in [-0.15, -0.1) is 0 Å². The summed E-state index contributed by atoms with van der Waals surface area (Å²) < 4.78 is 5.92. The average Bonchev–Trinajstić information content (AvgIpc) is 2.67. The zero-order valence-corrected chi connectivity index (χ0v) is 14.5. The van der Waals surface area contributed by atoms with Crippen molar-refractivity contribution in [2.75, 3.05) is 26.2 Å². The van der Waals surface area contributed by atoms with Gasteiger partial charge < -0.3 is 14.7 Å². The Morgan fingerprint density at radius 2 is 1.58 bits per heavy atom. The Balaban J connectivity index is 0.00000196. The molecule has 2 aromatic carbocycles. The van der Waals surface area contributed by atoms with E-state index in [1.807, 2.05) is 30.3 Å². The molecule has 0 aromatic heterocycles. The van der Waals surface area contributed by atoms with Gasteiger partial charge in [-0.1, -0.05) is 54.6 Å². The van der Waals surface area contributed by atoms with E-state index < -0.39 is 5.60 Å². The van der Waals surface area contributed by atoms with Gasteiger partial charge >= 0.3 is 0 Å². The Kier molecular flexibility index (Phi) is 5.85. The lowest BCUT2D eigenvalue weighted by Crippen LogP contribution is -2.61. The maximum absolute atomic E-state index is 10.9. The van der Waals surface area contributed by atoms with Crippen molar-refractivity contribution in [3.63, 3.8) is 0 Å². The van der Waals surface area contributed by atoms with Crippen LogP contribution in [0.2, 0.25) is 0 Å². The molecule has 3 aliphatic heterocycles. The number of hydrogen-bond donors (Lipinski definition) is 1. The highest BCUT2D eigenvalue weighted by molar-refractivity contribution is 5.75. The fourth-order valence-electron chi connectivity index (χ4n) is 3.95. The first-order chi connectivity index (χ1) is 12.2. The summed E-state index contributed by atoms with van der Waals surface area (Å²) in [4.78, 5) is 2.35. The number of nitrogens with zero attached hydrogens (tertiary/aromatic N) is 1. The largest absolute Gasteiger partial charge is 0.491 e. The Morgan fingerprint density at radius 1 is 0.962 bits per heavy atom. The number of ether oxygens (including phenoxy) is 1. The van der Waals surface area contributed by atoms with E-state index >= 15 is 0 Å². The van der Waals surface area contributed by atoms with Gasteiger partial charge in [-0.05, 0) is 55.1 Å². The van der Waals surface area contributed by atoms with Crippen molar-refractivity contribution >= 4 is 20.6 Å². The maximum Gasteiger partial charge on any atom is 0.119 e. The monoisotopic (exact) mass is 349 g/mol. The van der Waals surface area contributed by atoms with Gasteiger partial charge in [0.2, 0.25) is 0 Å². The Morgan fingerprint density at radius 3 is 2.15 bits per heavy atom. The Hall–Kier alpha value is -2.04. The molecule has 2 aromatic rings. The molecule has 1 atom stereocenters. The normalized spacial score (nSPS) is 27.3. The SMILES string of the molecule is B.OC1(COc2ccc(/C=C/c3ccccc3)cc2)CN2CCC1CC2. The molecule has 4 heteroatoms. The van der Waals surface area contributed by atoms with Crippen LogP contribution in [0, 0.1) is 5.92 Å². The molecule has 3 heterocycles. The smallest absolute Gasteiger partial charge is 0.119 e. The summed E-state index contributed by atoms with van der Waals surface area (Å²) in [5.41, 5.74) is 1.63. The highest BCUT2D eigenvalue weighted by Gasteiger charge is 2.45. The molecule has 3 saturated heterocycles. The molecule has 0 radical (unpaired) electrons. The first kappa shape index (κ1) is 18.7. The van der Waals surface area contributed by atoms with Crippen LogP contribution in [0.15, 0.2) is 54.6 Å². The summed E-state index contributed by atoms with van der Waals surface area (Å²) >= 11 is 0. The van der Waals surface area contributed by atoms with Gasteiger partial charge in [0.25, 0.3) is 0 Å². The number of benzene rings is 2. The standard InChI is InChI=1S/C22H25NO2.BH3/c24-22(16-23-14-12-20(22)13-15-23)17-25-21-10-8-19(9-11-21)7-6-18-4-2-1-3-5-18;/h1-11,20,24H,12-17H2;1H3/b7-6+;. The van der Waals surface area contributed by atoms with Crippen molar-refractivity contribution < 1.29 is 9.84 Å². The lowest BCUT2D eigenvalue weighted by Gasteiger charge is -2.49. The van der Waals surface area contributed by atoms with Crippen LogP contribution >= 0.6 is 0 Å². The second-order valence-electron chi connectivity index (χ2n) is 7.26. The van der Waals surface area contributed by atoms with Gasteiger partial charge in [0.1, 0.15) is 18.0 Å². The second-order valence-corrected chi connectivity index (χ2v) is 7.26. The predicted octanol–water partition coefficient (Wildman–Crippen LogP) is 2.51. The molecule has 2 bridgehead atoms. The van der Waals surface area contributed by atoms with Crippen molar-refractivity contribution in [1.82, 2.24) is 4.90 Å². The molecule has 3 fully saturated rings. The van der Waals surface area contributed by atoms with Crippen molar-refractivity contribution in [2.45, 2.75) is 18.4 Å². The first-order valence-corrected chi connectivity index (χ1v) is 9.12. The zero-order valence-electron chi connectivity index (χ0n) is 14.5. The van der Waals surface area contributed by atoms with E-state index in [2.05, 4.69) is 41.3 Å². The van der Waals surface area contributed by atoms with Crippen LogP contribution in [0.1, 0.15) is 24.0 Å². The fourth-order valence-corrected chi connectivity index (χ4v) is 3.95. The van der Waals surface area contributed by atoms with E-state index in [1.165, 1.54) is 5.56 Å². The molecule has 26 heavy (non-hydrogen) atoms. The van der Waals surface area contributed by atoms with E-state index in [1.54, 1.807) is 0 Å². The minimum atomic E-state index is -0.692. The molecular formula is C22H28BNO2. The van der Waals surface area contributed by atoms with Crippen LogP contribution in [-0.2, 0) is 0 Å². The van der Waals surface area contributed by atoms with Crippen LogP contribution in [0.4, 0.5) is 0 Å². The van der Waals surface area contributed by atoms with Gasteiger partial charge in [-0.25, -0.2) is 0 Å². The van der Waals surface area contributed by atoms with Crippen LogP contribution in [0.5, 0.6) is 5.75 Å². The molecule has 5 rings (SSSR count). The predicted molar refractivity (Wildman–Crippen MR) is 111 cm³/mol. The number of fused-ring (bicyclic) bond motifs is 3. The van der Waals surface area contributed by atoms with Crippen LogP contribution in [0.3, 0.4) is 0 Å². The fraction of sp³-hybridized carbons (Fsp3) is 0.364. The zero-order chi connectivity index (χ0) is 17.1. The highest BCUT2D eigenvalue weighted by Crippen LogP contribution is 2.36. The van der Waals surface area contributed by atoms with Crippen molar-refractivity contribution in [3.05, 3.63) is 65.7 Å². The number of aliphatic hydroxyl groups is 1. The molecule has 0 spiro atoms. The molecule has 1 unspecified atom stereocenters. The third-order valence-electron chi connectivity index (χ3n) is 5.48. The van der Waals surface area contributed by atoms with Gasteiger partial charge in [-0.3, -0.25) is 0 Å². The van der Waals surface area contributed by atoms with Crippen molar-refractivity contribution in [1.29, 1.82) is 0 Å². The second kappa shape index (κ2) is 8.11. The van der Waals surface area contributed by atoms with Gasteiger partial charge in [0.05, 0.1) is 8.41 Å². The van der Waals surface area contributed by atoms with Gasteiger partial charge in [0.15, 0.2) is 0 Å². The molecular weight excluding hydrogens is 321 g/mol. The van der Waals surface area contributed by atoms with Crippen LogP contribution in [0.25, 0.3) is 12.2 Å². The number of piperidine rings is 3. The Labute approximate surface area is 157 Å². The molecule has 0 amide bonds. The highest BCUT2D eigenvalue weighted by atomic mass is 16.5. The van der Waals surface area contributed by atoms with Crippen LogP contribution in [-0.4, -0.2) is 50.3 Å². The summed E-state index contributed by atoms with van der Waals surface area (Å²) in [7, 11) is 0. The lowest BCUT2D eigenvalue weighted by molar-refractivity contribution is -0.131. The Bertz CT molecular complexity index is 724. The third kappa shape index (κ3) is 4.20. The van der Waals surface area contributed by atoms with Gasteiger partial charge in [-0.2, -0.15) is 0 Å². The minimum Gasteiger partial charge on any atom is -0.491 e. The van der Waals surface area contributed by atoms with E-state index in [-0.39, 0.29) is 8.41 Å². The van der Waals surface area contributed by atoms with E-state index in [0.717, 1.165) is 43.8 Å². The van der Waals surface area contributed by atoms with E-state index in [9.17, 15) is 5.11 Å². The minimum absolute atomic E-state index is 0. The molecule has 136 valence electrons. The van der Waals surface area contributed by atoms with Crippen molar-refractivity contribution in [2.24, 2.45) is 5.92 Å². The topological polar surface area (TPSA) is 32.7 Å². The van der Waals surface area contributed by atoms with Crippen LogP contribution < -0.4 is 4.74 Å². The quantitative estimate of drug-likeness (QED) is 0.665. The van der Waals surface area contributed by atoms with Crippen molar-refractivity contribution in [3.8, 4) is 5.75 Å². The first-order valence-electron chi connectivity index (χ1n) is 9.12. The summed E-state index contributed by atoms with van der Waals surface area (Å²) in [5.74, 6) is 1.20. The summed E-state index contributed by atoms with van der Waals surface area (Å²) in [6.07, 6.45) is 6.37. The summed E-state index contributed by atoms with van der Waals surface area (Å²) in [6.45, 7) is 3.37. The number of rotatable bonds is 5. The van der Waals surface area contributed by atoms with E-state index in [4.69, 9.17) is 4.74 Å². The lowest BCUT2D eigenvalue weighted by atomic mass is 9.76. The molecule has 3 nitrogen and oxygen atoms in total. The number of hydrogen-bond acceptors (Lipinski definition) is 3. The average molecular weight is 349 g/mol.